The molecule has 0 bridgehead atoms. The summed E-state index contributed by atoms with van der Waals surface area (Å²) in [6, 6.07) is 7.51. The molecule has 0 saturated carbocycles. The Morgan fingerprint density at radius 3 is 2.68 bits per heavy atom. The van der Waals surface area contributed by atoms with Crippen LogP contribution in [0.1, 0.15) is 24.1 Å². The number of rotatable bonds is 4. The Labute approximate surface area is 159 Å². The molecule has 138 valence electrons. The van der Waals surface area contributed by atoms with Crippen molar-refractivity contribution in [2.45, 2.75) is 13.0 Å². The Kier molecular flexibility index (Phi) is 4.45. The lowest BCUT2D eigenvalue weighted by atomic mass is 10.1. The van der Waals surface area contributed by atoms with Gasteiger partial charge in [-0.1, -0.05) is 18.1 Å². The van der Waals surface area contributed by atoms with Crippen molar-refractivity contribution >= 4 is 16.9 Å². The Bertz CT molecular complexity index is 1190. The Morgan fingerprint density at radius 2 is 1.93 bits per heavy atom. The number of nitrogens with zero attached hydrogens (tertiary/aromatic N) is 3. The fourth-order valence-electron chi connectivity index (χ4n) is 2.91. The molecule has 28 heavy (non-hydrogen) atoms. The average Bonchev–Trinajstić information content (AvgIpc) is 3.13. The van der Waals surface area contributed by atoms with E-state index in [2.05, 4.69) is 31.2 Å². The van der Waals surface area contributed by atoms with E-state index in [1.807, 2.05) is 6.92 Å². The lowest BCUT2D eigenvalue weighted by molar-refractivity contribution is 0.613. The van der Waals surface area contributed by atoms with Gasteiger partial charge in [0.15, 0.2) is 17.5 Å². The number of hydrogen-bond acceptors (Lipinski definition) is 4. The van der Waals surface area contributed by atoms with E-state index in [1.165, 1.54) is 12.1 Å². The molecule has 1 atom stereocenters. The Balaban J connectivity index is 1.69. The van der Waals surface area contributed by atoms with Crippen molar-refractivity contribution < 1.29 is 8.78 Å². The molecule has 7 heteroatoms. The molecule has 3 heterocycles. The molecule has 3 aromatic heterocycles. The lowest BCUT2D eigenvalue weighted by Crippen LogP contribution is -2.10. The third-order valence-electron chi connectivity index (χ3n) is 4.41. The molecule has 4 rings (SSSR count). The lowest BCUT2D eigenvalue weighted by Gasteiger charge is -2.15. The molecule has 2 N–H and O–H groups in total. The van der Waals surface area contributed by atoms with Crippen LogP contribution in [0.4, 0.5) is 14.6 Å². The second kappa shape index (κ2) is 7.08. The summed E-state index contributed by atoms with van der Waals surface area (Å²) in [6.07, 6.45) is 9.85. The molecule has 0 aliphatic carbocycles. The zero-order valence-corrected chi connectivity index (χ0v) is 14.9. The minimum Gasteiger partial charge on any atom is -0.361 e. The molecule has 0 spiro atoms. The summed E-state index contributed by atoms with van der Waals surface area (Å²) in [5.41, 5.74) is 2.72. The third-order valence-corrected chi connectivity index (χ3v) is 4.41. The molecule has 0 radical (unpaired) electrons. The number of fused-ring (bicyclic) bond motifs is 1. The van der Waals surface area contributed by atoms with Gasteiger partial charge in [-0.05, 0) is 30.7 Å². The number of terminal acetylenes is 1. The van der Waals surface area contributed by atoms with Gasteiger partial charge < -0.3 is 10.3 Å². The summed E-state index contributed by atoms with van der Waals surface area (Å²) in [5.74, 6) is 2.01. The van der Waals surface area contributed by atoms with Crippen LogP contribution in [-0.2, 0) is 0 Å². The summed E-state index contributed by atoms with van der Waals surface area (Å²) in [7, 11) is 0. The monoisotopic (exact) mass is 375 g/mol. The third kappa shape index (κ3) is 3.28. The van der Waals surface area contributed by atoms with Gasteiger partial charge in [0.1, 0.15) is 11.5 Å². The summed E-state index contributed by atoms with van der Waals surface area (Å²) < 4.78 is 27.4. The average molecular weight is 375 g/mol. The van der Waals surface area contributed by atoms with Gasteiger partial charge in [0.2, 0.25) is 0 Å². The van der Waals surface area contributed by atoms with Gasteiger partial charge in [0.25, 0.3) is 0 Å². The van der Waals surface area contributed by atoms with E-state index in [0.717, 1.165) is 17.1 Å². The maximum Gasteiger partial charge on any atom is 0.183 e. The topological polar surface area (TPSA) is 66.5 Å². The Morgan fingerprint density at radius 1 is 1.14 bits per heavy atom. The molecule has 0 fully saturated rings. The highest BCUT2D eigenvalue weighted by Crippen LogP contribution is 2.28. The van der Waals surface area contributed by atoms with E-state index in [1.54, 1.807) is 30.6 Å². The van der Waals surface area contributed by atoms with E-state index < -0.39 is 5.82 Å². The highest BCUT2D eigenvalue weighted by atomic mass is 19.1. The maximum atomic E-state index is 14.3. The van der Waals surface area contributed by atoms with Crippen molar-refractivity contribution in [1.29, 1.82) is 0 Å². The van der Waals surface area contributed by atoms with Crippen molar-refractivity contribution in [3.8, 4) is 23.7 Å². The van der Waals surface area contributed by atoms with Crippen LogP contribution in [0.15, 0.2) is 48.9 Å². The number of nitrogens with one attached hydrogen (secondary N) is 2. The number of aromatic nitrogens is 4. The second-order valence-corrected chi connectivity index (χ2v) is 6.27. The van der Waals surface area contributed by atoms with E-state index in [0.29, 0.717) is 22.6 Å². The van der Waals surface area contributed by atoms with E-state index in [-0.39, 0.29) is 17.7 Å². The molecule has 0 aliphatic rings. The first-order chi connectivity index (χ1) is 13.5. The molecule has 0 aliphatic heterocycles. The predicted octanol–water partition coefficient (Wildman–Crippen LogP) is 4.45. The first-order valence-electron chi connectivity index (χ1n) is 8.54. The van der Waals surface area contributed by atoms with Gasteiger partial charge in [0, 0.05) is 28.9 Å². The highest BCUT2D eigenvalue weighted by molar-refractivity contribution is 5.92. The summed E-state index contributed by atoms with van der Waals surface area (Å²) in [6.45, 7) is 1.84. The van der Waals surface area contributed by atoms with Crippen LogP contribution in [-0.4, -0.2) is 19.9 Å². The van der Waals surface area contributed by atoms with Crippen molar-refractivity contribution in [2.24, 2.45) is 0 Å². The maximum absolute atomic E-state index is 14.3. The van der Waals surface area contributed by atoms with Crippen molar-refractivity contribution in [2.75, 3.05) is 5.32 Å². The molecule has 5 nitrogen and oxygen atoms in total. The van der Waals surface area contributed by atoms with Crippen LogP contribution in [0.25, 0.3) is 22.4 Å². The molecular weight excluding hydrogens is 360 g/mol. The smallest absolute Gasteiger partial charge is 0.183 e. The number of halogens is 2. The van der Waals surface area contributed by atoms with Crippen molar-refractivity contribution in [1.82, 2.24) is 19.9 Å². The van der Waals surface area contributed by atoms with Crippen molar-refractivity contribution in [3.05, 3.63) is 71.7 Å². The highest BCUT2D eigenvalue weighted by Gasteiger charge is 2.15. The van der Waals surface area contributed by atoms with Gasteiger partial charge in [0.05, 0.1) is 12.2 Å². The number of benzene rings is 1. The zero-order valence-electron chi connectivity index (χ0n) is 14.9. The second-order valence-electron chi connectivity index (χ2n) is 6.27. The summed E-state index contributed by atoms with van der Waals surface area (Å²) in [5, 5.41) is 3.76. The molecular formula is C21H15F2N5. The fourth-order valence-corrected chi connectivity index (χ4v) is 2.91. The van der Waals surface area contributed by atoms with Gasteiger partial charge in [-0.15, -0.1) is 6.42 Å². The van der Waals surface area contributed by atoms with E-state index >= 15 is 0 Å². The van der Waals surface area contributed by atoms with Gasteiger partial charge in [-0.2, -0.15) is 0 Å². The number of hydrogen-bond donors (Lipinski definition) is 2. The van der Waals surface area contributed by atoms with Crippen LogP contribution in [0.5, 0.6) is 0 Å². The predicted molar refractivity (Wildman–Crippen MR) is 103 cm³/mol. The summed E-state index contributed by atoms with van der Waals surface area (Å²) >= 11 is 0. The standard InChI is InChI=1S/C21H15F2N5/c1-3-13-8-16-17(10-25-19(16)24-9-13)20-26-11-18(23)21(28-20)27-12(2)14-4-6-15(22)7-5-14/h1,4-12H,2H3,(H,24,25)(H,26,27,28)/t12-/m0/s1. The summed E-state index contributed by atoms with van der Waals surface area (Å²) in [4.78, 5) is 15.7. The van der Waals surface area contributed by atoms with Crippen LogP contribution in [0.3, 0.4) is 0 Å². The molecule has 0 unspecified atom stereocenters. The van der Waals surface area contributed by atoms with E-state index in [4.69, 9.17) is 6.42 Å². The first kappa shape index (κ1) is 17.6. The first-order valence-corrected chi connectivity index (χ1v) is 8.54. The SMILES string of the molecule is C#Cc1cnc2[nH]cc(-c3ncc(F)c(N[C@@H](C)c4ccc(F)cc4)n3)c2c1. The van der Waals surface area contributed by atoms with Gasteiger partial charge >= 0.3 is 0 Å². The minimum absolute atomic E-state index is 0.0530. The minimum atomic E-state index is -0.583. The van der Waals surface area contributed by atoms with Crippen molar-refractivity contribution in [3.63, 3.8) is 0 Å². The van der Waals surface area contributed by atoms with Crippen LogP contribution in [0.2, 0.25) is 0 Å². The largest absolute Gasteiger partial charge is 0.361 e. The van der Waals surface area contributed by atoms with E-state index in [9.17, 15) is 8.78 Å². The van der Waals surface area contributed by atoms with Crippen LogP contribution >= 0.6 is 0 Å². The van der Waals surface area contributed by atoms with Gasteiger partial charge in [-0.25, -0.2) is 23.7 Å². The van der Waals surface area contributed by atoms with Gasteiger partial charge in [-0.3, -0.25) is 0 Å². The number of H-pyrrole nitrogens is 1. The fraction of sp³-hybridized carbons (Fsp3) is 0.0952. The quantitative estimate of drug-likeness (QED) is 0.517. The number of pyridine rings is 1. The number of aromatic amines is 1. The molecule has 1 aromatic carbocycles. The zero-order chi connectivity index (χ0) is 19.7. The molecule has 4 aromatic rings. The van der Waals surface area contributed by atoms with Crippen LogP contribution in [0, 0.1) is 24.0 Å². The Hall–Kier alpha value is -3.79. The number of anilines is 1. The van der Waals surface area contributed by atoms with Crippen LogP contribution < -0.4 is 5.32 Å². The molecule has 0 amide bonds. The normalized spacial score (nSPS) is 11.9. The molecule has 0 saturated heterocycles.